The first-order chi connectivity index (χ1) is 10.3. The molecule has 0 unspecified atom stereocenters. The molecule has 4 rings (SSSR count). The van der Waals surface area contributed by atoms with E-state index in [0.29, 0.717) is 6.42 Å². The molecule has 1 aliphatic heterocycles. The monoisotopic (exact) mass is 312 g/mol. The number of nitrogens with one attached hydrogen (secondary N) is 1. The first-order valence-corrected chi connectivity index (χ1v) is 8.53. The summed E-state index contributed by atoms with van der Waals surface area (Å²) in [4.78, 5) is 16.1. The summed E-state index contributed by atoms with van der Waals surface area (Å²) in [6.45, 7) is 0. The lowest BCUT2D eigenvalue weighted by Gasteiger charge is -2.17. The molecule has 0 fully saturated rings. The summed E-state index contributed by atoms with van der Waals surface area (Å²) in [6, 6.07) is 8.24. The molecule has 3 heterocycles. The van der Waals surface area contributed by atoms with E-state index in [1.165, 1.54) is 11.1 Å². The van der Waals surface area contributed by atoms with Gasteiger partial charge in [0.2, 0.25) is 5.91 Å². The number of carbonyl (C=O) groups is 1. The van der Waals surface area contributed by atoms with Crippen LogP contribution in [0.2, 0.25) is 0 Å². The highest BCUT2D eigenvalue weighted by atomic mass is 32.1. The standard InChI is InChI=1S/C16H12N2OS2/c19-15-4-2-10-7-11(1-3-13(10)17-15)14-9-21-16(18-14)12-5-6-20-8-12/h1,3,5-9H,2,4H2,(H,17,19). The van der Waals surface area contributed by atoms with Gasteiger partial charge in [-0.15, -0.1) is 11.3 Å². The minimum Gasteiger partial charge on any atom is -0.326 e. The van der Waals surface area contributed by atoms with Crippen molar-refractivity contribution < 1.29 is 4.79 Å². The number of thiophene rings is 1. The number of aryl methyl sites for hydroxylation is 1. The van der Waals surface area contributed by atoms with Crippen LogP contribution < -0.4 is 5.32 Å². The highest BCUT2D eigenvalue weighted by molar-refractivity contribution is 7.14. The summed E-state index contributed by atoms with van der Waals surface area (Å²) in [5, 5.41) is 10.2. The van der Waals surface area contributed by atoms with Crippen LogP contribution in [0.3, 0.4) is 0 Å². The maximum atomic E-state index is 11.4. The molecule has 1 amide bonds. The van der Waals surface area contributed by atoms with Crippen LogP contribution >= 0.6 is 22.7 Å². The third-order valence-electron chi connectivity index (χ3n) is 3.57. The Balaban J connectivity index is 1.69. The van der Waals surface area contributed by atoms with Gasteiger partial charge in [0, 0.05) is 34.0 Å². The Morgan fingerprint density at radius 2 is 2.05 bits per heavy atom. The van der Waals surface area contributed by atoms with E-state index in [1.807, 2.05) is 12.1 Å². The normalized spacial score (nSPS) is 13.8. The number of hydrogen-bond acceptors (Lipinski definition) is 4. The fourth-order valence-corrected chi connectivity index (χ4v) is 4.01. The summed E-state index contributed by atoms with van der Waals surface area (Å²) in [5.74, 6) is 0.101. The van der Waals surface area contributed by atoms with Crippen LogP contribution in [-0.4, -0.2) is 10.9 Å². The zero-order chi connectivity index (χ0) is 14.2. The highest BCUT2D eigenvalue weighted by Crippen LogP contribution is 2.32. The fraction of sp³-hybridized carbons (Fsp3) is 0.125. The Hall–Kier alpha value is -1.98. The van der Waals surface area contributed by atoms with Crippen molar-refractivity contribution in [2.45, 2.75) is 12.8 Å². The van der Waals surface area contributed by atoms with Crippen LogP contribution in [0.15, 0.2) is 40.4 Å². The van der Waals surface area contributed by atoms with Gasteiger partial charge in [-0.25, -0.2) is 4.98 Å². The van der Waals surface area contributed by atoms with Crippen molar-refractivity contribution in [3.05, 3.63) is 46.0 Å². The third-order valence-corrected chi connectivity index (χ3v) is 5.14. The molecule has 21 heavy (non-hydrogen) atoms. The van der Waals surface area contributed by atoms with Crippen molar-refractivity contribution in [1.82, 2.24) is 4.98 Å². The molecular formula is C16H12N2OS2. The average molecular weight is 312 g/mol. The maximum absolute atomic E-state index is 11.4. The van der Waals surface area contributed by atoms with Crippen molar-refractivity contribution in [2.75, 3.05) is 5.32 Å². The number of rotatable bonds is 2. The number of fused-ring (bicyclic) bond motifs is 1. The molecule has 104 valence electrons. The summed E-state index contributed by atoms with van der Waals surface area (Å²) in [7, 11) is 0. The van der Waals surface area contributed by atoms with Gasteiger partial charge in [0.15, 0.2) is 0 Å². The van der Waals surface area contributed by atoms with Gasteiger partial charge in [0.1, 0.15) is 5.01 Å². The smallest absolute Gasteiger partial charge is 0.224 e. The Morgan fingerprint density at radius 3 is 2.90 bits per heavy atom. The number of carbonyl (C=O) groups excluding carboxylic acids is 1. The van der Waals surface area contributed by atoms with Gasteiger partial charge in [-0.2, -0.15) is 11.3 Å². The van der Waals surface area contributed by atoms with E-state index in [2.05, 4.69) is 33.6 Å². The lowest BCUT2D eigenvalue weighted by atomic mass is 9.99. The predicted octanol–water partition coefficient (Wildman–Crippen LogP) is 4.42. The first-order valence-electron chi connectivity index (χ1n) is 6.71. The van der Waals surface area contributed by atoms with Gasteiger partial charge >= 0.3 is 0 Å². The number of amides is 1. The quantitative estimate of drug-likeness (QED) is 0.761. The molecule has 1 aromatic carbocycles. The third kappa shape index (κ3) is 2.39. The SMILES string of the molecule is O=C1CCc2cc(-c3csc(-c4ccsc4)n3)ccc2N1. The number of hydrogen-bond donors (Lipinski definition) is 1. The Labute approximate surface area is 130 Å². The summed E-state index contributed by atoms with van der Waals surface area (Å²) < 4.78 is 0. The van der Waals surface area contributed by atoms with E-state index >= 15 is 0 Å². The molecule has 0 spiro atoms. The van der Waals surface area contributed by atoms with Crippen LogP contribution in [-0.2, 0) is 11.2 Å². The Morgan fingerprint density at radius 1 is 1.10 bits per heavy atom. The largest absolute Gasteiger partial charge is 0.326 e. The second kappa shape index (κ2) is 5.09. The summed E-state index contributed by atoms with van der Waals surface area (Å²) in [5.41, 5.74) is 5.42. The van der Waals surface area contributed by atoms with Gasteiger partial charge in [-0.05, 0) is 35.6 Å². The van der Waals surface area contributed by atoms with Crippen LogP contribution in [0.25, 0.3) is 21.8 Å². The van der Waals surface area contributed by atoms with Crippen LogP contribution in [0.5, 0.6) is 0 Å². The van der Waals surface area contributed by atoms with E-state index < -0.39 is 0 Å². The molecule has 0 saturated heterocycles. The molecule has 2 aromatic heterocycles. The van der Waals surface area contributed by atoms with Gasteiger partial charge in [-0.3, -0.25) is 4.79 Å². The number of nitrogens with zero attached hydrogens (tertiary/aromatic N) is 1. The van der Waals surface area contributed by atoms with E-state index in [9.17, 15) is 4.79 Å². The zero-order valence-electron chi connectivity index (χ0n) is 11.1. The van der Waals surface area contributed by atoms with Crippen LogP contribution in [0, 0.1) is 0 Å². The van der Waals surface area contributed by atoms with Gasteiger partial charge in [0.25, 0.3) is 0 Å². The van der Waals surface area contributed by atoms with Crippen molar-refractivity contribution in [3.8, 4) is 21.8 Å². The zero-order valence-corrected chi connectivity index (χ0v) is 12.8. The average Bonchev–Trinajstić information content (AvgIpc) is 3.17. The van der Waals surface area contributed by atoms with Crippen molar-refractivity contribution in [1.29, 1.82) is 0 Å². The molecule has 1 aliphatic rings. The molecule has 3 aromatic rings. The molecule has 1 N–H and O–H groups in total. The predicted molar refractivity (Wildman–Crippen MR) is 87.8 cm³/mol. The Bertz CT molecular complexity index is 806. The summed E-state index contributed by atoms with van der Waals surface area (Å²) in [6.07, 6.45) is 1.37. The van der Waals surface area contributed by atoms with E-state index in [4.69, 9.17) is 4.98 Å². The minimum absolute atomic E-state index is 0.101. The van der Waals surface area contributed by atoms with E-state index in [1.54, 1.807) is 22.7 Å². The number of aromatic nitrogens is 1. The number of anilines is 1. The van der Waals surface area contributed by atoms with Crippen molar-refractivity contribution >= 4 is 34.3 Å². The lowest BCUT2D eigenvalue weighted by Crippen LogP contribution is -2.18. The fourth-order valence-electron chi connectivity index (χ4n) is 2.47. The van der Waals surface area contributed by atoms with E-state index in [-0.39, 0.29) is 5.91 Å². The Kier molecular flexibility index (Phi) is 3.09. The van der Waals surface area contributed by atoms with Gasteiger partial charge in [0.05, 0.1) is 5.69 Å². The second-order valence-electron chi connectivity index (χ2n) is 4.97. The topological polar surface area (TPSA) is 42.0 Å². The van der Waals surface area contributed by atoms with E-state index in [0.717, 1.165) is 28.4 Å². The highest BCUT2D eigenvalue weighted by Gasteiger charge is 2.16. The molecule has 0 radical (unpaired) electrons. The van der Waals surface area contributed by atoms with Crippen LogP contribution in [0.1, 0.15) is 12.0 Å². The molecule has 3 nitrogen and oxygen atoms in total. The van der Waals surface area contributed by atoms with Crippen molar-refractivity contribution in [2.24, 2.45) is 0 Å². The summed E-state index contributed by atoms with van der Waals surface area (Å²) >= 11 is 3.35. The first kappa shape index (κ1) is 12.7. The molecular weight excluding hydrogens is 300 g/mol. The second-order valence-corrected chi connectivity index (χ2v) is 6.61. The van der Waals surface area contributed by atoms with Gasteiger partial charge < -0.3 is 5.32 Å². The molecule has 0 aliphatic carbocycles. The number of thiazole rings is 1. The molecule has 0 saturated carbocycles. The number of benzene rings is 1. The van der Waals surface area contributed by atoms with Crippen molar-refractivity contribution in [3.63, 3.8) is 0 Å². The maximum Gasteiger partial charge on any atom is 0.224 e. The molecule has 0 bridgehead atoms. The molecule has 0 atom stereocenters. The van der Waals surface area contributed by atoms with Crippen LogP contribution in [0.4, 0.5) is 5.69 Å². The molecule has 5 heteroatoms. The minimum atomic E-state index is 0.101. The van der Waals surface area contributed by atoms with Gasteiger partial charge in [-0.1, -0.05) is 6.07 Å². The lowest BCUT2D eigenvalue weighted by molar-refractivity contribution is -0.116.